The number of halogens is 2. The molecule has 2 amide bonds. The minimum atomic E-state index is -1.14. The average Bonchev–Trinajstić information content (AvgIpc) is 3.31. The van der Waals surface area contributed by atoms with Crippen LogP contribution < -0.4 is 9.96 Å². The van der Waals surface area contributed by atoms with Crippen molar-refractivity contribution in [3.05, 3.63) is 98.5 Å². The monoisotopic (exact) mass is 483 g/mol. The quantitative estimate of drug-likeness (QED) is 0.296. The molecule has 2 heterocycles. The van der Waals surface area contributed by atoms with E-state index in [-0.39, 0.29) is 21.4 Å². The summed E-state index contributed by atoms with van der Waals surface area (Å²) < 4.78 is 0. The number of fused-ring (bicyclic) bond motifs is 1. The maximum atomic E-state index is 13.6. The number of hydroxylamine groups is 1. The number of imide groups is 1. The Morgan fingerprint density at radius 3 is 2.21 bits per heavy atom. The normalized spacial score (nSPS) is 22.1. The largest absolute Gasteiger partial charge is 0.273 e. The second-order valence-corrected chi connectivity index (χ2v) is 8.41. The fourth-order valence-corrected chi connectivity index (χ4v) is 4.86. The number of nitrogens with zero attached hydrogens (tertiary/aromatic N) is 3. The summed E-state index contributed by atoms with van der Waals surface area (Å²) in [6, 6.07) is 18.8. The number of carbonyl (C=O) groups is 2. The van der Waals surface area contributed by atoms with Crippen LogP contribution in [0.2, 0.25) is 10.0 Å². The van der Waals surface area contributed by atoms with Crippen LogP contribution in [0.25, 0.3) is 0 Å². The lowest BCUT2D eigenvalue weighted by atomic mass is 9.90. The summed E-state index contributed by atoms with van der Waals surface area (Å²) in [7, 11) is 0. The minimum absolute atomic E-state index is 0.0953. The number of hydrogen-bond donors (Lipinski definition) is 0. The zero-order valence-electron chi connectivity index (χ0n) is 16.8. The van der Waals surface area contributed by atoms with Crippen molar-refractivity contribution in [3.8, 4) is 0 Å². The zero-order valence-corrected chi connectivity index (χ0v) is 18.3. The Labute approximate surface area is 198 Å². The molecule has 3 aromatic carbocycles. The first-order valence-electron chi connectivity index (χ1n) is 9.95. The maximum absolute atomic E-state index is 13.6. The highest BCUT2D eigenvalue weighted by molar-refractivity contribution is 6.42. The number of anilines is 2. The van der Waals surface area contributed by atoms with Crippen LogP contribution in [0.5, 0.6) is 0 Å². The van der Waals surface area contributed by atoms with Gasteiger partial charge in [-0.05, 0) is 29.8 Å². The highest BCUT2D eigenvalue weighted by Gasteiger charge is 2.60. The number of non-ortho nitro benzene ring substituents is 1. The van der Waals surface area contributed by atoms with Gasteiger partial charge in [0.2, 0.25) is 5.91 Å². The van der Waals surface area contributed by atoms with Crippen molar-refractivity contribution in [1.29, 1.82) is 0 Å². The van der Waals surface area contributed by atoms with Crippen LogP contribution >= 0.6 is 23.2 Å². The van der Waals surface area contributed by atoms with E-state index in [1.165, 1.54) is 35.4 Å². The van der Waals surface area contributed by atoms with Crippen LogP contribution in [0, 0.1) is 16.0 Å². The Bertz CT molecular complexity index is 1270. The Hall–Kier alpha value is -3.46. The Morgan fingerprint density at radius 2 is 1.55 bits per heavy atom. The van der Waals surface area contributed by atoms with Gasteiger partial charge < -0.3 is 0 Å². The molecule has 0 N–H and O–H groups in total. The molecule has 2 fully saturated rings. The van der Waals surface area contributed by atoms with E-state index in [2.05, 4.69) is 0 Å². The summed E-state index contributed by atoms with van der Waals surface area (Å²) in [4.78, 5) is 44.8. The lowest BCUT2D eigenvalue weighted by molar-refractivity contribution is -0.384. The highest BCUT2D eigenvalue weighted by Crippen LogP contribution is 2.49. The van der Waals surface area contributed by atoms with Gasteiger partial charge in [-0.1, -0.05) is 59.6 Å². The van der Waals surface area contributed by atoms with Crippen LogP contribution in [0.15, 0.2) is 72.8 Å². The van der Waals surface area contributed by atoms with Gasteiger partial charge in [0.25, 0.3) is 11.6 Å². The van der Waals surface area contributed by atoms with Crippen molar-refractivity contribution in [3.63, 3.8) is 0 Å². The standard InChI is InChI=1S/C23H15Cl2N3O5/c24-16-10-5-11-17(25)20(16)26-22(29)18-19(13-6-4-9-15(12-13)28(31)32)27(33-21(18)23(26)30)14-7-2-1-3-8-14/h1-12,18-19,21H/t18-,19+,21-/m1/s1. The summed E-state index contributed by atoms with van der Waals surface area (Å²) in [5.41, 5.74) is 1.03. The predicted molar refractivity (Wildman–Crippen MR) is 122 cm³/mol. The van der Waals surface area contributed by atoms with Crippen molar-refractivity contribution in [2.24, 2.45) is 5.92 Å². The third-order valence-electron chi connectivity index (χ3n) is 5.71. The van der Waals surface area contributed by atoms with E-state index in [1.54, 1.807) is 36.4 Å². The topological polar surface area (TPSA) is 93.0 Å². The summed E-state index contributed by atoms with van der Waals surface area (Å²) in [6.45, 7) is 0. The lowest BCUT2D eigenvalue weighted by Crippen LogP contribution is -2.37. The second-order valence-electron chi connectivity index (χ2n) is 7.59. The highest BCUT2D eigenvalue weighted by atomic mass is 35.5. The van der Waals surface area contributed by atoms with E-state index in [0.717, 1.165) is 4.90 Å². The third-order valence-corrected chi connectivity index (χ3v) is 6.32. The molecule has 2 saturated heterocycles. The molecular weight excluding hydrogens is 469 g/mol. The van der Waals surface area contributed by atoms with Gasteiger partial charge in [0.15, 0.2) is 6.10 Å². The smallest absolute Gasteiger partial charge is 0.269 e. The number of para-hydroxylation sites is 2. The molecule has 3 atom stereocenters. The molecule has 5 rings (SSSR count). The molecular formula is C23H15Cl2N3O5. The van der Waals surface area contributed by atoms with Gasteiger partial charge >= 0.3 is 0 Å². The number of nitro groups is 1. The Kier molecular flexibility index (Phi) is 5.28. The van der Waals surface area contributed by atoms with E-state index in [9.17, 15) is 19.7 Å². The molecule has 0 saturated carbocycles. The number of benzene rings is 3. The molecule has 10 heteroatoms. The van der Waals surface area contributed by atoms with Crippen LogP contribution in [0.1, 0.15) is 11.6 Å². The van der Waals surface area contributed by atoms with Crippen LogP contribution in [-0.4, -0.2) is 22.8 Å². The second kappa shape index (κ2) is 8.15. The molecule has 33 heavy (non-hydrogen) atoms. The van der Waals surface area contributed by atoms with Crippen LogP contribution in [0.3, 0.4) is 0 Å². The number of amides is 2. The molecule has 0 radical (unpaired) electrons. The maximum Gasteiger partial charge on any atom is 0.269 e. The summed E-state index contributed by atoms with van der Waals surface area (Å²) in [6.07, 6.45) is -1.14. The molecule has 8 nitrogen and oxygen atoms in total. The van der Waals surface area contributed by atoms with E-state index in [4.69, 9.17) is 28.0 Å². The van der Waals surface area contributed by atoms with E-state index in [0.29, 0.717) is 11.3 Å². The van der Waals surface area contributed by atoms with Crippen molar-refractivity contribution in [2.45, 2.75) is 12.1 Å². The molecule has 0 aliphatic carbocycles. The Balaban J connectivity index is 1.63. The number of carbonyl (C=O) groups excluding carboxylic acids is 2. The first-order chi connectivity index (χ1) is 15.9. The van der Waals surface area contributed by atoms with Gasteiger partial charge in [-0.15, -0.1) is 0 Å². The van der Waals surface area contributed by atoms with Crippen molar-refractivity contribution < 1.29 is 19.3 Å². The van der Waals surface area contributed by atoms with Crippen LogP contribution in [-0.2, 0) is 14.4 Å². The fraction of sp³-hybridized carbons (Fsp3) is 0.130. The van der Waals surface area contributed by atoms with E-state index >= 15 is 0 Å². The van der Waals surface area contributed by atoms with Crippen LogP contribution in [0.4, 0.5) is 17.1 Å². The SMILES string of the molecule is O=C1[C@H]2[C@@H](ON(c3ccccc3)[C@H]2c2cccc([N+](=O)[O-])c2)C(=O)N1c1c(Cl)cccc1Cl. The molecule has 2 aliphatic heterocycles. The summed E-state index contributed by atoms with van der Waals surface area (Å²) in [5, 5.41) is 13.1. The van der Waals surface area contributed by atoms with Gasteiger partial charge in [0.05, 0.1) is 32.4 Å². The molecule has 0 aromatic heterocycles. The number of rotatable bonds is 4. The average molecular weight is 484 g/mol. The first kappa shape index (κ1) is 21.4. The molecule has 0 bridgehead atoms. The molecule has 0 unspecified atom stereocenters. The summed E-state index contributed by atoms with van der Waals surface area (Å²) >= 11 is 12.5. The van der Waals surface area contributed by atoms with Gasteiger partial charge in [-0.3, -0.25) is 24.5 Å². The molecule has 3 aromatic rings. The fourth-order valence-electron chi connectivity index (χ4n) is 4.30. The first-order valence-corrected chi connectivity index (χ1v) is 10.7. The summed E-state index contributed by atoms with van der Waals surface area (Å²) in [5.74, 6) is -2.11. The van der Waals surface area contributed by atoms with Crippen molar-refractivity contribution in [1.82, 2.24) is 0 Å². The van der Waals surface area contributed by atoms with Gasteiger partial charge in [-0.25, -0.2) is 9.96 Å². The van der Waals surface area contributed by atoms with Crippen molar-refractivity contribution >= 4 is 52.1 Å². The van der Waals surface area contributed by atoms with Gasteiger partial charge in [0, 0.05) is 12.1 Å². The minimum Gasteiger partial charge on any atom is -0.273 e. The predicted octanol–water partition coefficient (Wildman–Crippen LogP) is 4.95. The van der Waals surface area contributed by atoms with Crippen molar-refractivity contribution in [2.75, 3.05) is 9.96 Å². The molecule has 0 spiro atoms. The van der Waals surface area contributed by atoms with E-state index in [1.807, 2.05) is 6.07 Å². The third kappa shape index (κ3) is 3.43. The molecule has 2 aliphatic rings. The van der Waals surface area contributed by atoms with Gasteiger partial charge in [-0.2, -0.15) is 0 Å². The number of hydrogen-bond acceptors (Lipinski definition) is 6. The van der Waals surface area contributed by atoms with E-state index < -0.39 is 34.8 Å². The molecule has 166 valence electrons. The number of nitro benzene ring substituents is 1. The zero-order chi connectivity index (χ0) is 23.3. The Morgan fingerprint density at radius 1 is 0.879 bits per heavy atom. The van der Waals surface area contributed by atoms with Gasteiger partial charge in [0.1, 0.15) is 5.92 Å². The lowest BCUT2D eigenvalue weighted by Gasteiger charge is -2.29.